The average Bonchev–Trinajstić information content (AvgIpc) is 2.23. The molecule has 15 heavy (non-hydrogen) atoms. The molecule has 1 fully saturated rings. The van der Waals surface area contributed by atoms with Crippen LogP contribution in [0.4, 0.5) is 0 Å². The zero-order chi connectivity index (χ0) is 10.9. The van der Waals surface area contributed by atoms with Gasteiger partial charge in [-0.3, -0.25) is 0 Å². The molecule has 1 aliphatic rings. The molecule has 82 valence electrons. The second kappa shape index (κ2) is 3.95. The lowest BCUT2D eigenvalue weighted by atomic mass is 9.77. The van der Waals surface area contributed by atoms with E-state index in [9.17, 15) is 10.2 Å². The van der Waals surface area contributed by atoms with Crippen LogP contribution in [-0.4, -0.2) is 16.3 Å². The Morgan fingerprint density at radius 2 is 1.87 bits per heavy atom. The van der Waals surface area contributed by atoms with Crippen molar-refractivity contribution in [2.75, 3.05) is 0 Å². The first-order valence-corrected chi connectivity index (χ1v) is 5.60. The maximum atomic E-state index is 10.5. The molecule has 0 radical (unpaired) electrons. The van der Waals surface area contributed by atoms with Crippen LogP contribution < -0.4 is 0 Å². The molecule has 0 unspecified atom stereocenters. The summed E-state index contributed by atoms with van der Waals surface area (Å²) in [5, 5.41) is 20.4. The Kier molecular flexibility index (Phi) is 2.81. The number of aliphatic hydroxyl groups excluding tert-OH is 1. The molecule has 0 aliphatic heterocycles. The first kappa shape index (κ1) is 10.7. The van der Waals surface area contributed by atoms with Gasteiger partial charge in [-0.05, 0) is 25.3 Å². The molecule has 0 amide bonds. The molecule has 0 heterocycles. The van der Waals surface area contributed by atoms with Crippen LogP contribution in [0.3, 0.4) is 0 Å². The van der Waals surface area contributed by atoms with Gasteiger partial charge in [0.05, 0.1) is 6.10 Å². The van der Waals surface area contributed by atoms with Gasteiger partial charge in [0.25, 0.3) is 0 Å². The number of hydrogen-bond acceptors (Lipinski definition) is 2. The molecule has 0 bridgehead atoms. The van der Waals surface area contributed by atoms with Crippen LogP contribution in [0.15, 0.2) is 24.3 Å². The first-order chi connectivity index (χ1) is 7.13. The summed E-state index contributed by atoms with van der Waals surface area (Å²) >= 11 is 0. The van der Waals surface area contributed by atoms with Gasteiger partial charge in [0.15, 0.2) is 0 Å². The minimum absolute atomic E-state index is 0.617. The van der Waals surface area contributed by atoms with E-state index in [2.05, 4.69) is 0 Å². The van der Waals surface area contributed by atoms with Crippen molar-refractivity contribution in [2.24, 2.45) is 0 Å². The summed E-state index contributed by atoms with van der Waals surface area (Å²) < 4.78 is 0. The molecule has 2 atom stereocenters. The normalized spacial score (nSPS) is 31.5. The molecule has 2 N–H and O–H groups in total. The highest BCUT2D eigenvalue weighted by atomic mass is 16.3. The lowest BCUT2D eigenvalue weighted by molar-refractivity contribution is -0.106. The van der Waals surface area contributed by atoms with E-state index >= 15 is 0 Å². The van der Waals surface area contributed by atoms with Gasteiger partial charge >= 0.3 is 0 Å². The highest BCUT2D eigenvalue weighted by Gasteiger charge is 2.39. The smallest absolute Gasteiger partial charge is 0.115 e. The fraction of sp³-hybridized carbons (Fsp3) is 0.538. The Bertz CT molecular complexity index is 331. The van der Waals surface area contributed by atoms with Crippen LogP contribution in [-0.2, 0) is 5.60 Å². The minimum atomic E-state index is -1.02. The van der Waals surface area contributed by atoms with Crippen molar-refractivity contribution in [3.63, 3.8) is 0 Å². The van der Waals surface area contributed by atoms with Crippen molar-refractivity contribution in [1.29, 1.82) is 0 Å². The minimum Gasteiger partial charge on any atom is -0.390 e. The van der Waals surface area contributed by atoms with Gasteiger partial charge < -0.3 is 10.2 Å². The Labute approximate surface area is 90.6 Å². The molecule has 1 aliphatic carbocycles. The van der Waals surface area contributed by atoms with Gasteiger partial charge in [-0.1, -0.05) is 42.7 Å². The number of aryl methyl sites for hydroxylation is 1. The van der Waals surface area contributed by atoms with Crippen LogP contribution in [0.25, 0.3) is 0 Å². The van der Waals surface area contributed by atoms with Crippen molar-refractivity contribution >= 4 is 0 Å². The highest BCUT2D eigenvalue weighted by molar-refractivity contribution is 5.28. The predicted molar refractivity (Wildman–Crippen MR) is 59.6 cm³/mol. The zero-order valence-electron chi connectivity index (χ0n) is 9.11. The lowest BCUT2D eigenvalue weighted by Crippen LogP contribution is -2.42. The van der Waals surface area contributed by atoms with E-state index in [4.69, 9.17) is 0 Å². The maximum absolute atomic E-state index is 10.5. The predicted octanol–water partition coefficient (Wildman–Crippen LogP) is 2.12. The van der Waals surface area contributed by atoms with Gasteiger partial charge in [0, 0.05) is 0 Å². The average molecular weight is 206 g/mol. The van der Waals surface area contributed by atoms with E-state index in [1.807, 2.05) is 31.2 Å². The van der Waals surface area contributed by atoms with E-state index < -0.39 is 11.7 Å². The molecule has 1 aromatic carbocycles. The molecule has 1 saturated carbocycles. The van der Waals surface area contributed by atoms with Crippen LogP contribution >= 0.6 is 0 Å². The third kappa shape index (κ3) is 1.92. The number of aliphatic hydroxyl groups is 2. The van der Waals surface area contributed by atoms with Crippen LogP contribution in [0.1, 0.15) is 36.8 Å². The van der Waals surface area contributed by atoms with E-state index in [0.29, 0.717) is 12.8 Å². The Balaban J connectivity index is 2.30. The quantitative estimate of drug-likeness (QED) is 0.739. The number of benzene rings is 1. The number of hydrogen-bond donors (Lipinski definition) is 2. The highest BCUT2D eigenvalue weighted by Crippen LogP contribution is 2.37. The molecular weight excluding hydrogens is 188 g/mol. The topological polar surface area (TPSA) is 40.5 Å². The fourth-order valence-corrected chi connectivity index (χ4v) is 2.32. The molecule has 0 saturated heterocycles. The zero-order valence-corrected chi connectivity index (χ0v) is 9.11. The molecule has 2 rings (SSSR count). The van der Waals surface area contributed by atoms with Gasteiger partial charge in [-0.25, -0.2) is 0 Å². The maximum Gasteiger partial charge on any atom is 0.115 e. The molecular formula is C13H18O2. The molecule has 2 heteroatoms. The molecule has 1 aromatic rings. The van der Waals surface area contributed by atoms with E-state index in [0.717, 1.165) is 18.4 Å². The standard InChI is InChI=1S/C13H18O2/c1-10-5-7-11(8-6-10)13(15)9-3-2-4-12(13)14/h5-8,12,14-15H,2-4,9H2,1H3/t12-,13-/m1/s1. The Hall–Kier alpha value is -0.860. The van der Waals surface area contributed by atoms with Crippen molar-refractivity contribution in [3.05, 3.63) is 35.4 Å². The third-order valence-corrected chi connectivity index (χ3v) is 3.39. The summed E-state index contributed by atoms with van der Waals surface area (Å²) in [6.07, 6.45) is 2.74. The van der Waals surface area contributed by atoms with E-state index in [1.165, 1.54) is 5.56 Å². The van der Waals surface area contributed by atoms with Crippen molar-refractivity contribution in [1.82, 2.24) is 0 Å². The third-order valence-electron chi connectivity index (χ3n) is 3.39. The van der Waals surface area contributed by atoms with Crippen LogP contribution in [0.2, 0.25) is 0 Å². The van der Waals surface area contributed by atoms with Gasteiger partial charge in [-0.15, -0.1) is 0 Å². The van der Waals surface area contributed by atoms with Crippen molar-refractivity contribution in [2.45, 2.75) is 44.3 Å². The number of rotatable bonds is 1. The fourth-order valence-electron chi connectivity index (χ4n) is 2.32. The molecule has 0 spiro atoms. The lowest BCUT2D eigenvalue weighted by Gasteiger charge is -2.37. The summed E-state index contributed by atoms with van der Waals surface area (Å²) in [6, 6.07) is 7.80. The second-order valence-electron chi connectivity index (χ2n) is 4.55. The van der Waals surface area contributed by atoms with E-state index in [1.54, 1.807) is 0 Å². The van der Waals surface area contributed by atoms with Crippen molar-refractivity contribution in [3.8, 4) is 0 Å². The summed E-state index contributed by atoms with van der Waals surface area (Å²) in [5.74, 6) is 0. The first-order valence-electron chi connectivity index (χ1n) is 5.60. The van der Waals surface area contributed by atoms with Gasteiger partial charge in [-0.2, -0.15) is 0 Å². The van der Waals surface area contributed by atoms with Gasteiger partial charge in [0.2, 0.25) is 0 Å². The summed E-state index contributed by atoms with van der Waals surface area (Å²) in [4.78, 5) is 0. The van der Waals surface area contributed by atoms with E-state index in [-0.39, 0.29) is 0 Å². The van der Waals surface area contributed by atoms with Gasteiger partial charge in [0.1, 0.15) is 5.60 Å². The molecule has 2 nitrogen and oxygen atoms in total. The largest absolute Gasteiger partial charge is 0.390 e. The van der Waals surface area contributed by atoms with Crippen LogP contribution in [0, 0.1) is 6.92 Å². The van der Waals surface area contributed by atoms with Crippen LogP contribution in [0.5, 0.6) is 0 Å². The summed E-state index contributed by atoms with van der Waals surface area (Å²) in [5.41, 5.74) is 0.999. The Morgan fingerprint density at radius 3 is 2.47 bits per heavy atom. The summed E-state index contributed by atoms with van der Waals surface area (Å²) in [6.45, 7) is 2.02. The monoisotopic (exact) mass is 206 g/mol. The second-order valence-corrected chi connectivity index (χ2v) is 4.55. The summed E-state index contributed by atoms with van der Waals surface area (Å²) in [7, 11) is 0. The Morgan fingerprint density at radius 1 is 1.20 bits per heavy atom. The SMILES string of the molecule is Cc1ccc([C@]2(O)CCCC[C@H]2O)cc1. The van der Waals surface area contributed by atoms with Crippen molar-refractivity contribution < 1.29 is 10.2 Å². The molecule has 0 aromatic heterocycles.